The SMILES string of the molecule is Cc1cnc2c(c1)-c1ccccc1C2=C(c1ccccc1)c1ccccc1. The first-order valence-corrected chi connectivity index (χ1v) is 9.25. The third kappa shape index (κ3) is 2.60. The molecule has 128 valence electrons. The highest BCUT2D eigenvalue weighted by atomic mass is 14.7. The lowest BCUT2D eigenvalue weighted by Crippen LogP contribution is -1.96. The average Bonchev–Trinajstić information content (AvgIpc) is 3.04. The van der Waals surface area contributed by atoms with E-state index in [0.29, 0.717) is 0 Å². The highest BCUT2D eigenvalue weighted by Crippen LogP contribution is 2.47. The van der Waals surface area contributed by atoms with Gasteiger partial charge in [0.2, 0.25) is 0 Å². The first-order chi connectivity index (χ1) is 13.3. The Labute approximate surface area is 159 Å². The van der Waals surface area contributed by atoms with E-state index >= 15 is 0 Å². The molecule has 1 nitrogen and oxygen atoms in total. The molecule has 0 amide bonds. The average molecular weight is 345 g/mol. The van der Waals surface area contributed by atoms with E-state index in [1.807, 2.05) is 6.20 Å². The standard InChI is InChI=1S/C26H19N/c1-18-16-23-21-14-8-9-15-22(21)25(26(23)27-17-18)24(19-10-4-2-5-11-19)20-12-6-3-7-13-20/h2-17H,1H3. The van der Waals surface area contributed by atoms with Crippen LogP contribution in [-0.2, 0) is 0 Å². The monoisotopic (exact) mass is 345 g/mol. The normalized spacial score (nSPS) is 11.8. The van der Waals surface area contributed by atoms with Gasteiger partial charge in [0.15, 0.2) is 0 Å². The van der Waals surface area contributed by atoms with Crippen LogP contribution in [0.2, 0.25) is 0 Å². The van der Waals surface area contributed by atoms with E-state index in [0.717, 1.165) is 5.69 Å². The van der Waals surface area contributed by atoms with Crippen molar-refractivity contribution in [2.75, 3.05) is 0 Å². The van der Waals surface area contributed by atoms with Crippen LogP contribution in [0.1, 0.15) is 27.9 Å². The maximum atomic E-state index is 4.87. The summed E-state index contributed by atoms with van der Waals surface area (Å²) in [5, 5.41) is 0. The second-order valence-corrected chi connectivity index (χ2v) is 6.94. The minimum atomic E-state index is 1.07. The van der Waals surface area contributed by atoms with Crippen LogP contribution in [-0.4, -0.2) is 4.98 Å². The van der Waals surface area contributed by atoms with Crippen LogP contribution in [0.25, 0.3) is 22.3 Å². The van der Waals surface area contributed by atoms with Crippen LogP contribution in [0.15, 0.2) is 97.2 Å². The molecule has 1 aromatic heterocycles. The number of nitrogens with zero attached hydrogens (tertiary/aromatic N) is 1. The summed E-state index contributed by atoms with van der Waals surface area (Å²) in [6.45, 7) is 2.10. The summed E-state index contributed by atoms with van der Waals surface area (Å²) in [4.78, 5) is 4.87. The second kappa shape index (κ2) is 6.37. The van der Waals surface area contributed by atoms with E-state index in [9.17, 15) is 0 Å². The summed E-state index contributed by atoms with van der Waals surface area (Å²) in [6.07, 6.45) is 1.97. The van der Waals surface area contributed by atoms with E-state index in [1.165, 1.54) is 44.5 Å². The summed E-state index contributed by atoms with van der Waals surface area (Å²) < 4.78 is 0. The molecule has 0 radical (unpaired) electrons. The number of pyridine rings is 1. The van der Waals surface area contributed by atoms with Crippen molar-refractivity contribution >= 4 is 11.1 Å². The van der Waals surface area contributed by atoms with Gasteiger partial charge in [-0.1, -0.05) is 84.9 Å². The van der Waals surface area contributed by atoms with Crippen molar-refractivity contribution in [2.45, 2.75) is 6.92 Å². The largest absolute Gasteiger partial charge is 0.255 e. The maximum Gasteiger partial charge on any atom is 0.0793 e. The molecule has 1 heteroatoms. The fourth-order valence-corrected chi connectivity index (χ4v) is 3.96. The fraction of sp³-hybridized carbons (Fsp3) is 0.0385. The van der Waals surface area contributed by atoms with E-state index in [1.54, 1.807) is 0 Å². The van der Waals surface area contributed by atoms with Crippen LogP contribution in [0, 0.1) is 6.92 Å². The van der Waals surface area contributed by atoms with Gasteiger partial charge < -0.3 is 0 Å². The van der Waals surface area contributed by atoms with Crippen molar-refractivity contribution in [3.05, 3.63) is 125 Å². The Morgan fingerprint density at radius 1 is 0.630 bits per heavy atom. The van der Waals surface area contributed by atoms with Crippen molar-refractivity contribution in [3.63, 3.8) is 0 Å². The first-order valence-electron chi connectivity index (χ1n) is 9.25. The number of aryl methyl sites for hydroxylation is 1. The molecule has 1 aliphatic rings. The summed E-state index contributed by atoms with van der Waals surface area (Å²) >= 11 is 0. The lowest BCUT2D eigenvalue weighted by molar-refractivity contribution is 1.25. The van der Waals surface area contributed by atoms with Gasteiger partial charge in [0.1, 0.15) is 0 Å². The fourth-order valence-electron chi connectivity index (χ4n) is 3.96. The van der Waals surface area contributed by atoms with Gasteiger partial charge in [0.25, 0.3) is 0 Å². The Kier molecular flexibility index (Phi) is 3.72. The molecule has 0 atom stereocenters. The Bertz CT molecular complexity index is 1110. The van der Waals surface area contributed by atoms with Crippen molar-refractivity contribution in [2.24, 2.45) is 0 Å². The number of hydrogen-bond acceptors (Lipinski definition) is 1. The third-order valence-corrected chi connectivity index (χ3v) is 5.12. The summed E-state index contributed by atoms with van der Waals surface area (Å²) in [5.41, 5.74) is 10.9. The Morgan fingerprint density at radius 3 is 1.81 bits per heavy atom. The van der Waals surface area contributed by atoms with Crippen molar-refractivity contribution in [3.8, 4) is 11.1 Å². The van der Waals surface area contributed by atoms with Gasteiger partial charge in [-0.05, 0) is 46.4 Å². The zero-order chi connectivity index (χ0) is 18.2. The topological polar surface area (TPSA) is 12.9 Å². The molecule has 0 fully saturated rings. The van der Waals surface area contributed by atoms with Gasteiger partial charge in [-0.3, -0.25) is 4.98 Å². The smallest absolute Gasteiger partial charge is 0.0793 e. The second-order valence-electron chi connectivity index (χ2n) is 6.94. The minimum Gasteiger partial charge on any atom is -0.255 e. The molecule has 27 heavy (non-hydrogen) atoms. The molecule has 1 heterocycles. The van der Waals surface area contributed by atoms with Gasteiger partial charge in [-0.15, -0.1) is 0 Å². The molecule has 0 unspecified atom stereocenters. The molecule has 0 N–H and O–H groups in total. The van der Waals surface area contributed by atoms with Gasteiger partial charge in [-0.2, -0.15) is 0 Å². The molecule has 5 rings (SSSR count). The molecular weight excluding hydrogens is 326 g/mol. The van der Waals surface area contributed by atoms with Gasteiger partial charge >= 0.3 is 0 Å². The number of hydrogen-bond donors (Lipinski definition) is 0. The van der Waals surface area contributed by atoms with Gasteiger partial charge in [0.05, 0.1) is 5.69 Å². The van der Waals surface area contributed by atoms with Crippen LogP contribution in [0.4, 0.5) is 0 Å². The van der Waals surface area contributed by atoms with Crippen LogP contribution >= 0.6 is 0 Å². The van der Waals surface area contributed by atoms with Gasteiger partial charge in [0, 0.05) is 17.3 Å². The lowest BCUT2D eigenvalue weighted by atomic mass is 9.90. The van der Waals surface area contributed by atoms with Gasteiger partial charge in [-0.25, -0.2) is 0 Å². The van der Waals surface area contributed by atoms with Crippen molar-refractivity contribution in [1.82, 2.24) is 4.98 Å². The van der Waals surface area contributed by atoms with Crippen LogP contribution in [0.5, 0.6) is 0 Å². The number of fused-ring (bicyclic) bond motifs is 3. The highest BCUT2D eigenvalue weighted by molar-refractivity contribution is 6.12. The highest BCUT2D eigenvalue weighted by Gasteiger charge is 2.28. The van der Waals surface area contributed by atoms with E-state index in [-0.39, 0.29) is 0 Å². The number of benzene rings is 3. The Balaban J connectivity index is 1.93. The maximum absolute atomic E-state index is 4.87. The summed E-state index contributed by atoms with van der Waals surface area (Å²) in [6, 6.07) is 32.2. The zero-order valence-electron chi connectivity index (χ0n) is 15.2. The van der Waals surface area contributed by atoms with E-state index in [4.69, 9.17) is 4.98 Å². The molecule has 0 saturated carbocycles. The summed E-state index contributed by atoms with van der Waals surface area (Å²) in [7, 11) is 0. The number of aromatic nitrogens is 1. The quantitative estimate of drug-likeness (QED) is 0.362. The van der Waals surface area contributed by atoms with E-state index < -0.39 is 0 Å². The number of rotatable bonds is 2. The van der Waals surface area contributed by atoms with Crippen LogP contribution < -0.4 is 0 Å². The third-order valence-electron chi connectivity index (χ3n) is 5.12. The molecule has 4 aromatic rings. The predicted octanol–water partition coefficient (Wildman–Crippen LogP) is 6.38. The van der Waals surface area contributed by atoms with Crippen molar-refractivity contribution < 1.29 is 0 Å². The van der Waals surface area contributed by atoms with E-state index in [2.05, 4.69) is 97.9 Å². The molecular formula is C26H19N. The molecule has 0 bridgehead atoms. The minimum absolute atomic E-state index is 1.07. The Morgan fingerprint density at radius 2 is 1.19 bits per heavy atom. The van der Waals surface area contributed by atoms with Crippen molar-refractivity contribution in [1.29, 1.82) is 0 Å². The lowest BCUT2D eigenvalue weighted by Gasteiger charge is -2.14. The van der Waals surface area contributed by atoms with Crippen LogP contribution in [0.3, 0.4) is 0 Å². The zero-order valence-corrected chi connectivity index (χ0v) is 15.2. The Hall–Kier alpha value is -3.45. The molecule has 3 aromatic carbocycles. The molecule has 0 aliphatic heterocycles. The predicted molar refractivity (Wildman–Crippen MR) is 112 cm³/mol. The molecule has 0 saturated heterocycles. The molecule has 0 spiro atoms. The summed E-state index contributed by atoms with van der Waals surface area (Å²) in [5.74, 6) is 0. The molecule has 1 aliphatic carbocycles. The first kappa shape index (κ1) is 15.8.